The van der Waals surface area contributed by atoms with Crippen molar-refractivity contribution >= 4 is 8.25 Å². The lowest BCUT2D eigenvalue weighted by Gasteiger charge is -2.28. The van der Waals surface area contributed by atoms with Crippen molar-refractivity contribution in [3.05, 3.63) is 0 Å². The highest BCUT2D eigenvalue weighted by atomic mass is 31.1. The van der Waals surface area contributed by atoms with E-state index in [2.05, 4.69) is 0 Å². The molecule has 0 saturated carbocycles. The van der Waals surface area contributed by atoms with Crippen LogP contribution < -0.4 is 0 Å². The molecule has 1 atom stereocenters. The first-order valence-electron chi connectivity index (χ1n) is 5.74. The van der Waals surface area contributed by atoms with Crippen LogP contribution in [0, 0.1) is 0 Å². The summed E-state index contributed by atoms with van der Waals surface area (Å²) in [4.78, 5) is 8.77. The van der Waals surface area contributed by atoms with Crippen molar-refractivity contribution in [3.63, 3.8) is 0 Å². The van der Waals surface area contributed by atoms with E-state index >= 15 is 0 Å². The van der Waals surface area contributed by atoms with Crippen LogP contribution in [0.25, 0.3) is 0 Å². The lowest BCUT2D eigenvalue weighted by molar-refractivity contribution is -0.333. The van der Waals surface area contributed by atoms with E-state index in [0.717, 1.165) is 25.7 Å². The third-order valence-electron chi connectivity index (χ3n) is 2.00. The van der Waals surface area contributed by atoms with Crippen LogP contribution in [-0.4, -0.2) is 24.1 Å². The second-order valence-corrected chi connectivity index (χ2v) is 4.37. The second kappa shape index (κ2) is 9.14. The molecule has 0 fully saturated rings. The summed E-state index contributed by atoms with van der Waals surface area (Å²) >= 11 is 0. The van der Waals surface area contributed by atoms with Crippen LogP contribution in [0.4, 0.5) is 0 Å². The van der Waals surface area contributed by atoms with Crippen LogP contribution >= 0.6 is 8.25 Å². The van der Waals surface area contributed by atoms with Gasteiger partial charge in [-0.2, -0.15) is 0 Å². The third-order valence-corrected chi connectivity index (χ3v) is 2.54. The van der Waals surface area contributed by atoms with Crippen LogP contribution in [-0.2, 0) is 18.6 Å². The van der Waals surface area contributed by atoms with Crippen molar-refractivity contribution in [3.8, 4) is 0 Å². The Hall–Kier alpha value is 0.0700. The molecule has 98 valence electrons. The Morgan fingerprint density at radius 2 is 1.56 bits per heavy atom. The van der Waals surface area contributed by atoms with Crippen LogP contribution in [0.15, 0.2) is 0 Å². The third kappa shape index (κ3) is 8.25. The fourth-order valence-corrected chi connectivity index (χ4v) is 1.50. The average molecular weight is 254 g/mol. The van der Waals surface area contributed by atoms with Gasteiger partial charge < -0.3 is 14.4 Å². The van der Waals surface area contributed by atoms with Crippen molar-refractivity contribution in [2.75, 3.05) is 13.2 Å². The number of unbranched alkanes of at least 4 members (excludes halogenated alkanes) is 2. The van der Waals surface area contributed by atoms with Crippen LogP contribution in [0.2, 0.25) is 0 Å². The van der Waals surface area contributed by atoms with Gasteiger partial charge in [0, 0.05) is 6.92 Å². The molecule has 0 radical (unpaired) electrons. The van der Waals surface area contributed by atoms with Gasteiger partial charge in [0.05, 0.1) is 13.2 Å². The Bertz CT molecular complexity index is 188. The zero-order valence-corrected chi connectivity index (χ0v) is 11.3. The molecule has 1 N–H and O–H groups in total. The smallest absolute Gasteiger partial charge is 0.320 e. The van der Waals surface area contributed by atoms with Gasteiger partial charge in [0.2, 0.25) is 0 Å². The van der Waals surface area contributed by atoms with Crippen molar-refractivity contribution in [1.29, 1.82) is 0 Å². The maximum Gasteiger partial charge on any atom is 0.320 e. The zero-order valence-electron chi connectivity index (χ0n) is 10.3. The second-order valence-electron chi connectivity index (χ2n) is 3.63. The Labute approximate surface area is 98.0 Å². The molecule has 5 nitrogen and oxygen atoms in total. The molecule has 0 rings (SSSR count). The SMILES string of the molecule is CCCCOC(C)(OCCCC)O[PH](=O)O. The van der Waals surface area contributed by atoms with Gasteiger partial charge in [0.15, 0.2) is 0 Å². The topological polar surface area (TPSA) is 65.0 Å². The Balaban J connectivity index is 4.07. The van der Waals surface area contributed by atoms with E-state index < -0.39 is 14.2 Å². The standard InChI is InChI=1S/C10H23O5P/c1-4-6-8-13-10(3,15-16(11)12)14-9-7-5-2/h16H,4-9H2,1-3H3,(H,11,12). The predicted octanol–water partition coefficient (Wildman–Crippen LogP) is 2.69. The van der Waals surface area contributed by atoms with E-state index in [-0.39, 0.29) is 0 Å². The normalized spacial score (nSPS) is 14.0. The number of rotatable bonds is 10. The Morgan fingerprint density at radius 1 is 1.12 bits per heavy atom. The van der Waals surface area contributed by atoms with E-state index in [9.17, 15) is 4.57 Å². The molecule has 0 aromatic carbocycles. The fourth-order valence-electron chi connectivity index (χ4n) is 1.06. The molecular formula is C10H23O5P. The summed E-state index contributed by atoms with van der Waals surface area (Å²) in [5.41, 5.74) is 0. The lowest BCUT2D eigenvalue weighted by atomic mass is 10.3. The average Bonchev–Trinajstić information content (AvgIpc) is 2.17. The molecule has 0 aromatic heterocycles. The molecule has 0 aliphatic heterocycles. The zero-order chi connectivity index (χ0) is 12.4. The minimum absolute atomic E-state index is 0.453. The molecule has 0 aliphatic carbocycles. The molecule has 0 heterocycles. The minimum atomic E-state index is -3.06. The van der Waals surface area contributed by atoms with Gasteiger partial charge >= 0.3 is 8.25 Å². The molecule has 0 saturated heterocycles. The molecule has 0 bridgehead atoms. The molecule has 6 heteroatoms. The maximum absolute atomic E-state index is 10.7. The molecule has 0 aromatic rings. The first-order valence-corrected chi connectivity index (χ1v) is 7.00. The quantitative estimate of drug-likeness (QED) is 0.369. The summed E-state index contributed by atoms with van der Waals surface area (Å²) < 4.78 is 26.2. The largest absolute Gasteiger partial charge is 0.327 e. The van der Waals surface area contributed by atoms with Gasteiger partial charge in [-0.3, -0.25) is 9.09 Å². The van der Waals surface area contributed by atoms with Crippen LogP contribution in [0.1, 0.15) is 46.5 Å². The molecule has 0 spiro atoms. The summed E-state index contributed by atoms with van der Waals surface area (Å²) in [6.07, 6.45) is 3.70. The molecule has 1 unspecified atom stereocenters. The highest BCUT2D eigenvalue weighted by Gasteiger charge is 2.29. The fraction of sp³-hybridized carbons (Fsp3) is 1.00. The highest BCUT2D eigenvalue weighted by Crippen LogP contribution is 2.28. The Morgan fingerprint density at radius 3 is 1.88 bits per heavy atom. The number of hydrogen-bond donors (Lipinski definition) is 1. The van der Waals surface area contributed by atoms with E-state index in [1.165, 1.54) is 6.92 Å². The van der Waals surface area contributed by atoms with Gasteiger partial charge in [-0.25, -0.2) is 0 Å². The van der Waals surface area contributed by atoms with Crippen LogP contribution in [0.5, 0.6) is 0 Å². The first-order chi connectivity index (χ1) is 7.54. The van der Waals surface area contributed by atoms with Gasteiger partial charge in [0.25, 0.3) is 5.97 Å². The van der Waals surface area contributed by atoms with Crippen molar-refractivity contribution < 1.29 is 23.5 Å². The van der Waals surface area contributed by atoms with E-state index in [0.29, 0.717) is 13.2 Å². The summed E-state index contributed by atoms with van der Waals surface area (Å²) in [5.74, 6) is -1.39. The van der Waals surface area contributed by atoms with Crippen LogP contribution in [0.3, 0.4) is 0 Å². The predicted molar refractivity (Wildman–Crippen MR) is 62.4 cm³/mol. The van der Waals surface area contributed by atoms with Gasteiger partial charge in [0.1, 0.15) is 0 Å². The maximum atomic E-state index is 10.7. The van der Waals surface area contributed by atoms with Crippen molar-refractivity contribution in [2.45, 2.75) is 52.4 Å². The summed E-state index contributed by atoms with van der Waals surface area (Å²) in [6.45, 7) is 6.50. The van der Waals surface area contributed by atoms with Gasteiger partial charge in [-0.1, -0.05) is 26.7 Å². The molecule has 16 heavy (non-hydrogen) atoms. The minimum Gasteiger partial charge on any atom is -0.327 e. The molecule has 0 aliphatic rings. The number of hydrogen-bond acceptors (Lipinski definition) is 4. The lowest BCUT2D eigenvalue weighted by Crippen LogP contribution is -2.34. The molecular weight excluding hydrogens is 231 g/mol. The first kappa shape index (κ1) is 16.1. The number of ether oxygens (including phenoxy) is 2. The Kier molecular flexibility index (Phi) is 9.18. The summed E-state index contributed by atoms with van der Waals surface area (Å²) in [7, 11) is -3.06. The summed E-state index contributed by atoms with van der Waals surface area (Å²) in [6, 6.07) is 0. The van der Waals surface area contributed by atoms with E-state index in [1.54, 1.807) is 0 Å². The summed E-state index contributed by atoms with van der Waals surface area (Å²) in [5, 5.41) is 0. The van der Waals surface area contributed by atoms with Gasteiger partial charge in [-0.05, 0) is 12.8 Å². The van der Waals surface area contributed by atoms with Crippen molar-refractivity contribution in [1.82, 2.24) is 0 Å². The van der Waals surface area contributed by atoms with Gasteiger partial charge in [-0.15, -0.1) is 0 Å². The van der Waals surface area contributed by atoms with E-state index in [1.807, 2.05) is 13.8 Å². The molecule has 0 amide bonds. The monoisotopic (exact) mass is 254 g/mol. The highest BCUT2D eigenvalue weighted by molar-refractivity contribution is 7.32. The van der Waals surface area contributed by atoms with E-state index in [4.69, 9.17) is 18.9 Å². The van der Waals surface area contributed by atoms with Crippen molar-refractivity contribution in [2.24, 2.45) is 0 Å².